The van der Waals surface area contributed by atoms with E-state index in [1.165, 1.54) is 11.3 Å². The van der Waals surface area contributed by atoms with E-state index in [-0.39, 0.29) is 24.7 Å². The summed E-state index contributed by atoms with van der Waals surface area (Å²) >= 11 is 7.78. The molecule has 2 aliphatic rings. The first-order valence-corrected chi connectivity index (χ1v) is 12.9. The van der Waals surface area contributed by atoms with E-state index in [9.17, 15) is 14.4 Å². The fraction of sp³-hybridized carbons (Fsp3) is 0.250. The standard InChI is InChI=1S/C28H24ClNO4S/c1-2-34-28(33)26-21(23-12-7-13-35-23)15-22-25(27(26)32)20(17-8-6-9-18(29)14-17)16-24(31)30(22)19-10-4-3-5-11-19/h3-14,20-21,26H,2,15-16H2,1H3/t20-,21-,26+/m1/s1. The summed E-state index contributed by atoms with van der Waals surface area (Å²) in [4.78, 5) is 43.5. The number of ether oxygens (including phenoxy) is 1. The molecule has 1 aromatic heterocycles. The van der Waals surface area contributed by atoms with Gasteiger partial charge >= 0.3 is 5.97 Å². The van der Waals surface area contributed by atoms with Crippen LogP contribution in [0, 0.1) is 5.92 Å². The van der Waals surface area contributed by atoms with Gasteiger partial charge < -0.3 is 4.74 Å². The number of nitrogens with zero attached hydrogens (tertiary/aromatic N) is 1. The van der Waals surface area contributed by atoms with Crippen molar-refractivity contribution in [3.8, 4) is 0 Å². The maximum absolute atomic E-state index is 14.2. The molecule has 0 bridgehead atoms. The molecule has 0 spiro atoms. The van der Waals surface area contributed by atoms with Gasteiger partial charge in [0.25, 0.3) is 0 Å². The number of carbonyl (C=O) groups excluding carboxylic acids is 3. The summed E-state index contributed by atoms with van der Waals surface area (Å²) in [6, 6.07) is 20.5. The van der Waals surface area contributed by atoms with Gasteiger partial charge in [0.1, 0.15) is 5.92 Å². The first-order valence-electron chi connectivity index (χ1n) is 11.6. The Bertz CT molecular complexity index is 1300. The lowest BCUT2D eigenvalue weighted by atomic mass is 9.69. The van der Waals surface area contributed by atoms with Crippen LogP contribution in [0.3, 0.4) is 0 Å². The minimum atomic E-state index is -0.958. The number of halogens is 1. The Morgan fingerprint density at radius 2 is 1.86 bits per heavy atom. The van der Waals surface area contributed by atoms with Gasteiger partial charge in [-0.2, -0.15) is 0 Å². The fourth-order valence-electron chi connectivity index (χ4n) is 5.19. The highest BCUT2D eigenvalue weighted by Crippen LogP contribution is 2.50. The Hall–Kier alpha value is -3.22. The van der Waals surface area contributed by atoms with Crippen molar-refractivity contribution in [1.82, 2.24) is 0 Å². The second-order valence-corrected chi connectivity index (χ2v) is 10.1. The van der Waals surface area contributed by atoms with Crippen LogP contribution in [0.15, 0.2) is 83.4 Å². The maximum atomic E-state index is 14.2. The molecule has 1 amide bonds. The second kappa shape index (κ2) is 9.80. The van der Waals surface area contributed by atoms with Crippen molar-refractivity contribution in [2.75, 3.05) is 11.5 Å². The molecule has 5 nitrogen and oxygen atoms in total. The summed E-state index contributed by atoms with van der Waals surface area (Å²) in [6.45, 7) is 1.93. The van der Waals surface area contributed by atoms with E-state index in [0.717, 1.165) is 10.4 Å². The fourth-order valence-corrected chi connectivity index (χ4v) is 6.25. The van der Waals surface area contributed by atoms with E-state index >= 15 is 0 Å². The minimum absolute atomic E-state index is 0.0905. The molecular weight excluding hydrogens is 482 g/mol. The molecule has 0 radical (unpaired) electrons. The monoisotopic (exact) mass is 505 g/mol. The number of carbonyl (C=O) groups is 3. The number of amides is 1. The molecule has 2 heterocycles. The molecule has 0 saturated carbocycles. The second-order valence-electron chi connectivity index (χ2n) is 8.66. The highest BCUT2D eigenvalue weighted by molar-refractivity contribution is 7.10. The van der Waals surface area contributed by atoms with Gasteiger partial charge in [0, 0.05) is 45.1 Å². The number of hydrogen-bond donors (Lipinski definition) is 0. The van der Waals surface area contributed by atoms with Gasteiger partial charge in [0.05, 0.1) is 6.61 Å². The van der Waals surface area contributed by atoms with Crippen molar-refractivity contribution in [2.24, 2.45) is 5.92 Å². The first-order chi connectivity index (χ1) is 17.0. The third-order valence-electron chi connectivity index (χ3n) is 6.64. The molecule has 3 aromatic rings. The predicted molar refractivity (Wildman–Crippen MR) is 137 cm³/mol. The van der Waals surface area contributed by atoms with Gasteiger partial charge in [-0.3, -0.25) is 19.3 Å². The average molecular weight is 506 g/mol. The van der Waals surface area contributed by atoms with Crippen molar-refractivity contribution in [2.45, 2.75) is 31.6 Å². The molecule has 2 aromatic carbocycles. The number of rotatable bonds is 5. The summed E-state index contributed by atoms with van der Waals surface area (Å²) in [7, 11) is 0. The lowest BCUT2D eigenvalue weighted by Gasteiger charge is -2.42. The number of para-hydroxylation sites is 1. The zero-order valence-corrected chi connectivity index (χ0v) is 20.7. The normalized spacial score (nSPS) is 22.2. The molecule has 0 fully saturated rings. The Morgan fingerprint density at radius 1 is 1.06 bits per heavy atom. The van der Waals surface area contributed by atoms with Crippen molar-refractivity contribution in [3.05, 3.63) is 98.8 Å². The maximum Gasteiger partial charge on any atom is 0.317 e. The summed E-state index contributed by atoms with van der Waals surface area (Å²) in [6.07, 6.45) is 0.488. The Labute approximate surface area is 213 Å². The molecule has 7 heteroatoms. The molecule has 178 valence electrons. The van der Waals surface area contributed by atoms with Gasteiger partial charge in [0.2, 0.25) is 5.91 Å². The largest absolute Gasteiger partial charge is 0.465 e. The molecule has 0 unspecified atom stereocenters. The number of Topliss-reactive ketones (excluding diaryl/α,β-unsaturated/α-hetero) is 1. The van der Waals surface area contributed by atoms with Crippen molar-refractivity contribution >= 4 is 46.3 Å². The zero-order valence-electron chi connectivity index (χ0n) is 19.1. The number of esters is 1. The highest BCUT2D eigenvalue weighted by atomic mass is 35.5. The summed E-state index contributed by atoms with van der Waals surface area (Å²) < 4.78 is 5.37. The highest BCUT2D eigenvalue weighted by Gasteiger charge is 2.50. The molecule has 1 aliphatic carbocycles. The third-order valence-corrected chi connectivity index (χ3v) is 7.87. The number of benzene rings is 2. The van der Waals surface area contributed by atoms with Gasteiger partial charge in [-0.05, 0) is 54.6 Å². The van der Waals surface area contributed by atoms with E-state index in [1.807, 2.05) is 60.0 Å². The average Bonchev–Trinajstić information content (AvgIpc) is 3.39. The number of allylic oxidation sites excluding steroid dienone is 2. The van der Waals surface area contributed by atoms with Crippen molar-refractivity contribution in [3.63, 3.8) is 0 Å². The van der Waals surface area contributed by atoms with Crippen LogP contribution in [0.2, 0.25) is 5.02 Å². The van der Waals surface area contributed by atoms with Gasteiger partial charge in [-0.25, -0.2) is 0 Å². The van der Waals surface area contributed by atoms with Gasteiger partial charge in [0.15, 0.2) is 5.78 Å². The molecule has 0 saturated heterocycles. The van der Waals surface area contributed by atoms with E-state index in [1.54, 1.807) is 24.0 Å². The number of thiophene rings is 1. The van der Waals surface area contributed by atoms with Crippen molar-refractivity contribution in [1.29, 1.82) is 0 Å². The van der Waals surface area contributed by atoms with Crippen LogP contribution in [0.25, 0.3) is 0 Å². The number of ketones is 1. The molecule has 35 heavy (non-hydrogen) atoms. The topological polar surface area (TPSA) is 63.7 Å². The van der Waals surface area contributed by atoms with Gasteiger partial charge in [-0.15, -0.1) is 11.3 Å². The van der Waals surface area contributed by atoms with E-state index < -0.39 is 23.7 Å². The van der Waals surface area contributed by atoms with Crippen LogP contribution < -0.4 is 4.90 Å². The molecule has 1 aliphatic heterocycles. The smallest absolute Gasteiger partial charge is 0.317 e. The summed E-state index contributed by atoms with van der Waals surface area (Å²) in [5.41, 5.74) is 2.65. The quantitative estimate of drug-likeness (QED) is 0.310. The van der Waals surface area contributed by atoms with Gasteiger partial charge in [-0.1, -0.05) is 48.0 Å². The van der Waals surface area contributed by atoms with E-state index in [0.29, 0.717) is 28.4 Å². The van der Waals surface area contributed by atoms with Crippen LogP contribution in [-0.4, -0.2) is 24.3 Å². The Morgan fingerprint density at radius 3 is 2.54 bits per heavy atom. The minimum Gasteiger partial charge on any atom is -0.465 e. The van der Waals surface area contributed by atoms with Crippen LogP contribution >= 0.6 is 22.9 Å². The van der Waals surface area contributed by atoms with Crippen LogP contribution in [0.5, 0.6) is 0 Å². The van der Waals surface area contributed by atoms with E-state index in [4.69, 9.17) is 16.3 Å². The lowest BCUT2D eigenvalue weighted by molar-refractivity contribution is -0.152. The third kappa shape index (κ3) is 4.32. The van der Waals surface area contributed by atoms with Crippen molar-refractivity contribution < 1.29 is 19.1 Å². The number of anilines is 1. The van der Waals surface area contributed by atoms with Crippen LogP contribution in [0.1, 0.15) is 42.0 Å². The van der Waals surface area contributed by atoms with Crippen LogP contribution in [-0.2, 0) is 19.1 Å². The Kier molecular flexibility index (Phi) is 6.58. The molecule has 5 rings (SSSR count). The summed E-state index contributed by atoms with van der Waals surface area (Å²) in [5, 5.41) is 2.46. The molecule has 0 N–H and O–H groups in total. The first kappa shape index (κ1) is 23.5. The van der Waals surface area contributed by atoms with E-state index in [2.05, 4.69) is 0 Å². The van der Waals surface area contributed by atoms with Crippen LogP contribution in [0.4, 0.5) is 5.69 Å². The SMILES string of the molecule is CCOC(=O)[C@@H]1C(=O)C2=C(C[C@@H]1c1cccs1)N(c1ccccc1)C(=O)C[C@@H]2c1cccc(Cl)c1. The lowest BCUT2D eigenvalue weighted by Crippen LogP contribution is -2.46. The molecule has 3 atom stereocenters. The Balaban J connectivity index is 1.72. The summed E-state index contributed by atoms with van der Waals surface area (Å²) in [5.74, 6) is -2.73. The number of hydrogen-bond acceptors (Lipinski definition) is 5. The predicted octanol–water partition coefficient (Wildman–Crippen LogP) is 6.11. The zero-order chi connectivity index (χ0) is 24.5. The molecular formula is C28H24ClNO4S.